The molecule has 1 aromatic carbocycles. The van der Waals surface area contributed by atoms with Crippen LogP contribution in [-0.2, 0) is 11.3 Å². The number of amides is 1. The third-order valence-electron chi connectivity index (χ3n) is 2.51. The van der Waals surface area contributed by atoms with Crippen LogP contribution in [0.4, 0.5) is 0 Å². The summed E-state index contributed by atoms with van der Waals surface area (Å²) in [4.78, 5) is 17.1. The van der Waals surface area contributed by atoms with Crippen molar-refractivity contribution >= 4 is 40.6 Å². The molecule has 0 aliphatic rings. The summed E-state index contributed by atoms with van der Waals surface area (Å²) in [5, 5.41) is 6.54. The van der Waals surface area contributed by atoms with Gasteiger partial charge in [-0.3, -0.25) is 4.79 Å². The van der Waals surface area contributed by atoms with Crippen LogP contribution in [0.25, 0.3) is 0 Å². The van der Waals surface area contributed by atoms with Crippen molar-refractivity contribution in [2.75, 3.05) is 5.75 Å². The summed E-state index contributed by atoms with van der Waals surface area (Å²) in [7, 11) is 0. The topological polar surface area (TPSA) is 42.0 Å². The average molecular weight is 327 g/mol. The molecule has 0 saturated carbocycles. The smallest absolute Gasteiger partial charge is 0.221 e. The molecule has 1 heterocycles. The number of carbonyl (C=O) groups excluding carboxylic acids is 1. The number of aryl methyl sites for hydroxylation is 1. The number of hydrogen-bond donors (Lipinski definition) is 1. The molecular formula is C14H15ClN2OS2. The first kappa shape index (κ1) is 15.4. The first-order chi connectivity index (χ1) is 9.63. The predicted octanol–water partition coefficient (Wildman–Crippen LogP) is 3.90. The second-order valence-electron chi connectivity index (χ2n) is 4.21. The Labute approximate surface area is 131 Å². The molecule has 1 aromatic heterocycles. The van der Waals surface area contributed by atoms with Crippen LogP contribution in [0.3, 0.4) is 0 Å². The van der Waals surface area contributed by atoms with E-state index in [0.717, 1.165) is 26.4 Å². The van der Waals surface area contributed by atoms with E-state index < -0.39 is 0 Å². The van der Waals surface area contributed by atoms with Gasteiger partial charge in [0.1, 0.15) is 5.01 Å². The third-order valence-corrected chi connectivity index (χ3v) is 4.75. The monoisotopic (exact) mass is 326 g/mol. The molecule has 0 bridgehead atoms. The van der Waals surface area contributed by atoms with Crippen LogP contribution in [0.5, 0.6) is 0 Å². The summed E-state index contributed by atoms with van der Waals surface area (Å²) in [6.07, 6.45) is 0.498. The van der Waals surface area contributed by atoms with Gasteiger partial charge in [-0.2, -0.15) is 0 Å². The van der Waals surface area contributed by atoms with E-state index >= 15 is 0 Å². The van der Waals surface area contributed by atoms with E-state index in [-0.39, 0.29) is 5.91 Å². The number of nitrogens with zero attached hydrogens (tertiary/aromatic N) is 1. The van der Waals surface area contributed by atoms with Crippen molar-refractivity contribution in [3.63, 3.8) is 0 Å². The van der Waals surface area contributed by atoms with Gasteiger partial charge < -0.3 is 5.32 Å². The van der Waals surface area contributed by atoms with Crippen molar-refractivity contribution in [2.24, 2.45) is 0 Å². The van der Waals surface area contributed by atoms with Gasteiger partial charge in [-0.15, -0.1) is 23.1 Å². The number of hydrogen-bond acceptors (Lipinski definition) is 4. The van der Waals surface area contributed by atoms with Gasteiger partial charge in [0.25, 0.3) is 0 Å². The van der Waals surface area contributed by atoms with Gasteiger partial charge >= 0.3 is 0 Å². The van der Waals surface area contributed by atoms with E-state index in [2.05, 4.69) is 10.3 Å². The normalized spacial score (nSPS) is 10.5. The Kier molecular flexibility index (Phi) is 5.88. The lowest BCUT2D eigenvalue weighted by Gasteiger charge is -2.03. The van der Waals surface area contributed by atoms with Crippen LogP contribution in [0.1, 0.15) is 17.1 Å². The SMILES string of the molecule is Cc1csc(CNC(=O)CCSc2ccc(Cl)cc2)n1. The number of benzene rings is 1. The highest BCUT2D eigenvalue weighted by molar-refractivity contribution is 7.99. The van der Waals surface area contributed by atoms with Crippen molar-refractivity contribution in [2.45, 2.75) is 24.8 Å². The molecule has 0 aliphatic carbocycles. The lowest BCUT2D eigenvalue weighted by atomic mass is 10.4. The van der Waals surface area contributed by atoms with Crippen LogP contribution >= 0.6 is 34.7 Å². The average Bonchev–Trinajstić information content (AvgIpc) is 2.85. The maximum Gasteiger partial charge on any atom is 0.221 e. The molecule has 2 aromatic rings. The van der Waals surface area contributed by atoms with E-state index in [9.17, 15) is 4.79 Å². The molecule has 106 valence electrons. The minimum Gasteiger partial charge on any atom is -0.350 e. The van der Waals surface area contributed by atoms with Gasteiger partial charge in [-0.25, -0.2) is 4.98 Å². The molecule has 0 spiro atoms. The highest BCUT2D eigenvalue weighted by Crippen LogP contribution is 2.20. The number of thiazole rings is 1. The fraction of sp³-hybridized carbons (Fsp3) is 0.286. The summed E-state index contributed by atoms with van der Waals surface area (Å²) in [5.41, 5.74) is 0.998. The molecule has 1 N–H and O–H groups in total. The molecule has 2 rings (SSSR count). The second-order valence-corrected chi connectivity index (χ2v) is 6.76. The van der Waals surface area contributed by atoms with Crippen molar-refractivity contribution < 1.29 is 4.79 Å². The molecule has 3 nitrogen and oxygen atoms in total. The van der Waals surface area contributed by atoms with Gasteiger partial charge in [-0.05, 0) is 31.2 Å². The number of carbonyl (C=O) groups is 1. The minimum absolute atomic E-state index is 0.0549. The molecule has 20 heavy (non-hydrogen) atoms. The van der Waals surface area contributed by atoms with Crippen LogP contribution in [-0.4, -0.2) is 16.6 Å². The number of nitrogens with one attached hydrogen (secondary N) is 1. The van der Waals surface area contributed by atoms with Crippen LogP contribution in [0.15, 0.2) is 34.5 Å². The van der Waals surface area contributed by atoms with E-state index in [0.29, 0.717) is 13.0 Å². The maximum atomic E-state index is 11.7. The van der Waals surface area contributed by atoms with Gasteiger partial charge in [0.2, 0.25) is 5.91 Å². The highest BCUT2D eigenvalue weighted by atomic mass is 35.5. The lowest BCUT2D eigenvalue weighted by molar-refractivity contribution is -0.120. The molecule has 0 saturated heterocycles. The minimum atomic E-state index is 0.0549. The Balaban J connectivity index is 1.66. The van der Waals surface area contributed by atoms with Crippen LogP contribution in [0, 0.1) is 6.92 Å². The lowest BCUT2D eigenvalue weighted by Crippen LogP contribution is -2.22. The van der Waals surface area contributed by atoms with Crippen molar-refractivity contribution in [1.82, 2.24) is 10.3 Å². The quantitative estimate of drug-likeness (QED) is 0.818. The van der Waals surface area contributed by atoms with Gasteiger partial charge in [0, 0.05) is 33.2 Å². The Morgan fingerprint density at radius 1 is 1.40 bits per heavy atom. The molecule has 6 heteroatoms. The summed E-state index contributed by atoms with van der Waals surface area (Å²) in [6.45, 7) is 2.47. The summed E-state index contributed by atoms with van der Waals surface area (Å²) in [6, 6.07) is 7.63. The van der Waals surface area contributed by atoms with E-state index in [1.165, 1.54) is 0 Å². The van der Waals surface area contributed by atoms with E-state index in [1.807, 2.05) is 36.6 Å². The van der Waals surface area contributed by atoms with Gasteiger partial charge in [-0.1, -0.05) is 11.6 Å². The van der Waals surface area contributed by atoms with Gasteiger partial charge in [0.05, 0.1) is 6.54 Å². The highest BCUT2D eigenvalue weighted by Gasteiger charge is 2.04. The Bertz CT molecular complexity index is 569. The molecular weight excluding hydrogens is 312 g/mol. The number of halogens is 1. The summed E-state index contributed by atoms with van der Waals surface area (Å²) < 4.78 is 0. The maximum absolute atomic E-state index is 11.7. The van der Waals surface area contributed by atoms with Crippen molar-refractivity contribution in [3.05, 3.63) is 45.4 Å². The Hall–Kier alpha value is -1.04. The fourth-order valence-electron chi connectivity index (χ4n) is 1.54. The zero-order valence-corrected chi connectivity index (χ0v) is 13.4. The summed E-state index contributed by atoms with van der Waals surface area (Å²) in [5.74, 6) is 0.809. The number of rotatable bonds is 6. The molecule has 0 unspecified atom stereocenters. The molecule has 0 atom stereocenters. The third kappa shape index (κ3) is 5.15. The first-order valence-electron chi connectivity index (χ1n) is 6.19. The zero-order chi connectivity index (χ0) is 14.4. The standard InChI is InChI=1S/C14H15ClN2OS2/c1-10-9-20-14(17-10)8-16-13(18)6-7-19-12-4-2-11(15)3-5-12/h2-5,9H,6-8H2,1H3,(H,16,18). The fourth-order valence-corrected chi connectivity index (χ4v) is 3.23. The molecule has 0 radical (unpaired) electrons. The summed E-state index contributed by atoms with van der Waals surface area (Å²) >= 11 is 9.04. The second kappa shape index (κ2) is 7.67. The van der Waals surface area contributed by atoms with E-state index in [4.69, 9.17) is 11.6 Å². The van der Waals surface area contributed by atoms with Crippen molar-refractivity contribution in [3.8, 4) is 0 Å². The van der Waals surface area contributed by atoms with Crippen LogP contribution in [0.2, 0.25) is 5.02 Å². The largest absolute Gasteiger partial charge is 0.350 e. The van der Waals surface area contributed by atoms with Crippen molar-refractivity contribution in [1.29, 1.82) is 0 Å². The first-order valence-corrected chi connectivity index (χ1v) is 8.44. The Morgan fingerprint density at radius 3 is 2.80 bits per heavy atom. The zero-order valence-electron chi connectivity index (χ0n) is 11.1. The number of aromatic nitrogens is 1. The molecule has 0 fully saturated rings. The number of thioether (sulfide) groups is 1. The predicted molar refractivity (Wildman–Crippen MR) is 85.5 cm³/mol. The molecule has 0 aliphatic heterocycles. The van der Waals surface area contributed by atoms with Crippen LogP contribution < -0.4 is 5.32 Å². The Morgan fingerprint density at radius 2 is 2.15 bits per heavy atom. The van der Waals surface area contributed by atoms with Gasteiger partial charge in [0.15, 0.2) is 0 Å². The molecule has 1 amide bonds. The van der Waals surface area contributed by atoms with E-state index in [1.54, 1.807) is 23.1 Å².